The average Bonchev–Trinajstić information content (AvgIpc) is 3.23. The maximum Gasteiger partial charge on any atom is 0.238 e. The molecule has 0 spiro atoms. The van der Waals surface area contributed by atoms with Gasteiger partial charge in [-0.05, 0) is 19.1 Å². The Bertz CT molecular complexity index is 1060. The van der Waals surface area contributed by atoms with Crippen molar-refractivity contribution in [2.75, 3.05) is 57.2 Å². The Morgan fingerprint density at radius 3 is 2.65 bits per heavy atom. The number of ether oxygens (including phenoxy) is 2. The van der Waals surface area contributed by atoms with Gasteiger partial charge in [0, 0.05) is 38.8 Å². The summed E-state index contributed by atoms with van der Waals surface area (Å²) in [7, 11) is 3.15. The molecule has 0 unspecified atom stereocenters. The van der Waals surface area contributed by atoms with E-state index in [0.29, 0.717) is 35.8 Å². The van der Waals surface area contributed by atoms with Crippen LogP contribution in [-0.4, -0.2) is 82.7 Å². The lowest BCUT2D eigenvalue weighted by Gasteiger charge is -2.34. The van der Waals surface area contributed by atoms with Crippen molar-refractivity contribution in [3.8, 4) is 11.5 Å². The van der Waals surface area contributed by atoms with Crippen LogP contribution in [0.3, 0.4) is 0 Å². The number of nitrogens with zero attached hydrogens (tertiary/aromatic N) is 7. The van der Waals surface area contributed by atoms with E-state index < -0.39 is 0 Å². The highest BCUT2D eigenvalue weighted by atomic mass is 16.5. The zero-order chi connectivity index (χ0) is 21.8. The Balaban J connectivity index is 1.37. The molecular formula is C20H26N8O3. The molecule has 0 bridgehead atoms. The first kappa shape index (κ1) is 20.8. The number of carbonyl (C=O) groups is 1. The number of anilines is 2. The quantitative estimate of drug-likeness (QED) is 0.592. The first-order valence-electron chi connectivity index (χ1n) is 10.2. The minimum Gasteiger partial charge on any atom is -0.497 e. The standard InChI is InChI=1S/C20H26N8O3/c1-4-28-20-18(24-25-28)19(21-13-22-20)27-9-7-26(8-10-27)12-17(29)23-15-11-14(30-2)5-6-16(15)31-3/h5-6,11,13H,4,7-10,12H2,1-3H3,(H,23,29). The second-order valence-corrected chi connectivity index (χ2v) is 7.15. The number of hydrogen-bond acceptors (Lipinski definition) is 9. The number of hydrogen-bond donors (Lipinski definition) is 1. The second-order valence-electron chi connectivity index (χ2n) is 7.15. The van der Waals surface area contributed by atoms with E-state index in [-0.39, 0.29) is 5.91 Å². The monoisotopic (exact) mass is 426 g/mol. The summed E-state index contributed by atoms with van der Waals surface area (Å²) in [5.41, 5.74) is 2.04. The number of nitrogens with one attached hydrogen (secondary N) is 1. The molecule has 1 amide bonds. The Kier molecular flexibility index (Phi) is 6.12. The van der Waals surface area contributed by atoms with E-state index in [4.69, 9.17) is 9.47 Å². The van der Waals surface area contributed by atoms with E-state index in [1.54, 1.807) is 43.4 Å². The molecule has 1 aliphatic rings. The van der Waals surface area contributed by atoms with Gasteiger partial charge in [-0.25, -0.2) is 14.6 Å². The Hall–Kier alpha value is -3.47. The van der Waals surface area contributed by atoms with Gasteiger partial charge in [0.25, 0.3) is 0 Å². The lowest BCUT2D eigenvalue weighted by molar-refractivity contribution is -0.117. The summed E-state index contributed by atoms with van der Waals surface area (Å²) in [6.07, 6.45) is 1.55. The maximum absolute atomic E-state index is 12.6. The minimum atomic E-state index is -0.102. The molecule has 11 heteroatoms. The van der Waals surface area contributed by atoms with Gasteiger partial charge in [-0.3, -0.25) is 9.69 Å². The van der Waals surface area contributed by atoms with E-state index in [9.17, 15) is 4.79 Å². The van der Waals surface area contributed by atoms with Crippen LogP contribution in [0, 0.1) is 0 Å². The van der Waals surface area contributed by atoms with Crippen molar-refractivity contribution in [1.82, 2.24) is 29.9 Å². The van der Waals surface area contributed by atoms with Crippen molar-refractivity contribution >= 4 is 28.6 Å². The van der Waals surface area contributed by atoms with E-state index in [0.717, 1.165) is 37.6 Å². The molecule has 3 heterocycles. The van der Waals surface area contributed by atoms with Gasteiger partial charge in [0.2, 0.25) is 5.91 Å². The van der Waals surface area contributed by atoms with Crippen molar-refractivity contribution < 1.29 is 14.3 Å². The van der Waals surface area contributed by atoms with Crippen molar-refractivity contribution in [3.63, 3.8) is 0 Å². The van der Waals surface area contributed by atoms with Crippen LogP contribution < -0.4 is 19.7 Å². The molecule has 0 aliphatic carbocycles. The predicted molar refractivity (Wildman–Crippen MR) is 116 cm³/mol. The number of benzene rings is 1. The highest BCUT2D eigenvalue weighted by Gasteiger charge is 2.23. The Morgan fingerprint density at radius 2 is 1.94 bits per heavy atom. The molecule has 1 aromatic carbocycles. The molecule has 1 fully saturated rings. The Labute approximate surface area is 180 Å². The van der Waals surface area contributed by atoms with Gasteiger partial charge in [0.05, 0.1) is 26.5 Å². The van der Waals surface area contributed by atoms with Crippen molar-refractivity contribution in [2.24, 2.45) is 0 Å². The molecule has 164 valence electrons. The zero-order valence-electron chi connectivity index (χ0n) is 17.9. The first-order valence-corrected chi connectivity index (χ1v) is 10.2. The van der Waals surface area contributed by atoms with Crippen LogP contribution in [0.5, 0.6) is 11.5 Å². The summed E-state index contributed by atoms with van der Waals surface area (Å²) in [6.45, 7) is 5.93. The molecule has 0 radical (unpaired) electrons. The third kappa shape index (κ3) is 4.36. The normalized spacial score (nSPS) is 14.6. The Morgan fingerprint density at radius 1 is 1.13 bits per heavy atom. The van der Waals surface area contributed by atoms with Crippen molar-refractivity contribution in [2.45, 2.75) is 13.5 Å². The van der Waals surface area contributed by atoms with Crippen LogP contribution in [0.4, 0.5) is 11.5 Å². The lowest BCUT2D eigenvalue weighted by atomic mass is 10.2. The zero-order valence-corrected chi connectivity index (χ0v) is 17.9. The molecule has 31 heavy (non-hydrogen) atoms. The molecular weight excluding hydrogens is 400 g/mol. The van der Waals surface area contributed by atoms with E-state index in [1.807, 2.05) is 6.92 Å². The third-order valence-electron chi connectivity index (χ3n) is 5.30. The summed E-state index contributed by atoms with van der Waals surface area (Å²) < 4.78 is 12.3. The molecule has 3 aromatic rings. The van der Waals surface area contributed by atoms with E-state index in [2.05, 4.69) is 35.4 Å². The molecule has 1 aliphatic heterocycles. The summed E-state index contributed by atoms with van der Waals surface area (Å²) in [4.78, 5) is 25.6. The lowest BCUT2D eigenvalue weighted by Crippen LogP contribution is -2.49. The fraction of sp³-hybridized carbons (Fsp3) is 0.450. The number of amides is 1. The molecule has 1 saturated heterocycles. The fourth-order valence-electron chi connectivity index (χ4n) is 3.65. The molecule has 2 aromatic heterocycles. The number of fused-ring (bicyclic) bond motifs is 1. The number of aromatic nitrogens is 5. The number of methoxy groups -OCH3 is 2. The number of carbonyl (C=O) groups excluding carboxylic acids is 1. The van der Waals surface area contributed by atoms with Crippen LogP contribution in [0.1, 0.15) is 6.92 Å². The van der Waals surface area contributed by atoms with Gasteiger partial charge in [0.1, 0.15) is 17.8 Å². The SMILES string of the molecule is CCn1nnc2c(N3CCN(CC(=O)Nc4cc(OC)ccc4OC)CC3)ncnc21. The molecule has 4 rings (SSSR count). The van der Waals surface area contributed by atoms with Gasteiger partial charge in [0.15, 0.2) is 17.0 Å². The number of piperazine rings is 1. The largest absolute Gasteiger partial charge is 0.497 e. The summed E-state index contributed by atoms with van der Waals surface area (Å²) in [5, 5.41) is 11.3. The topological polar surface area (TPSA) is 111 Å². The van der Waals surface area contributed by atoms with Crippen LogP contribution in [0.2, 0.25) is 0 Å². The second kappa shape index (κ2) is 9.13. The van der Waals surface area contributed by atoms with Crippen molar-refractivity contribution in [1.29, 1.82) is 0 Å². The number of rotatable bonds is 7. The predicted octanol–water partition coefficient (Wildman–Crippen LogP) is 1.02. The smallest absolute Gasteiger partial charge is 0.238 e. The van der Waals surface area contributed by atoms with Crippen LogP contribution in [-0.2, 0) is 11.3 Å². The fourth-order valence-corrected chi connectivity index (χ4v) is 3.65. The van der Waals surface area contributed by atoms with E-state index >= 15 is 0 Å². The number of aryl methyl sites for hydroxylation is 1. The highest BCUT2D eigenvalue weighted by Crippen LogP contribution is 2.29. The first-order chi connectivity index (χ1) is 15.1. The molecule has 0 saturated carbocycles. The van der Waals surface area contributed by atoms with Gasteiger partial charge in [-0.1, -0.05) is 5.21 Å². The van der Waals surface area contributed by atoms with Crippen LogP contribution in [0.15, 0.2) is 24.5 Å². The molecule has 11 nitrogen and oxygen atoms in total. The van der Waals surface area contributed by atoms with Gasteiger partial charge in [-0.15, -0.1) is 5.10 Å². The summed E-state index contributed by atoms with van der Waals surface area (Å²) >= 11 is 0. The third-order valence-corrected chi connectivity index (χ3v) is 5.30. The highest BCUT2D eigenvalue weighted by molar-refractivity contribution is 5.94. The van der Waals surface area contributed by atoms with Crippen LogP contribution in [0.25, 0.3) is 11.2 Å². The summed E-state index contributed by atoms with van der Waals surface area (Å²) in [5.74, 6) is 1.93. The van der Waals surface area contributed by atoms with Gasteiger partial charge < -0.3 is 19.7 Å². The molecule has 0 atom stereocenters. The average molecular weight is 426 g/mol. The summed E-state index contributed by atoms with van der Waals surface area (Å²) in [6, 6.07) is 5.31. The van der Waals surface area contributed by atoms with Crippen molar-refractivity contribution in [3.05, 3.63) is 24.5 Å². The maximum atomic E-state index is 12.6. The van der Waals surface area contributed by atoms with Gasteiger partial charge >= 0.3 is 0 Å². The van der Waals surface area contributed by atoms with Gasteiger partial charge in [-0.2, -0.15) is 0 Å². The molecule has 1 N–H and O–H groups in total. The van der Waals surface area contributed by atoms with E-state index in [1.165, 1.54) is 0 Å². The van der Waals surface area contributed by atoms with Crippen LogP contribution >= 0.6 is 0 Å². The minimum absolute atomic E-state index is 0.102.